The average molecular weight is 283 g/mol. The lowest BCUT2D eigenvalue weighted by Gasteiger charge is -1.96. The van der Waals surface area contributed by atoms with E-state index in [1.54, 1.807) is 24.7 Å². The number of fused-ring (bicyclic) bond motifs is 1. The number of benzene rings is 2. The first-order valence-electron chi connectivity index (χ1n) is 6.14. The molecule has 0 aliphatic carbocycles. The molecule has 20 heavy (non-hydrogen) atoms. The Labute approximate surface area is 120 Å². The fraction of sp³-hybridized carbons (Fsp3) is 0.0667. The van der Waals surface area contributed by atoms with Crippen molar-refractivity contribution in [3.63, 3.8) is 0 Å². The van der Waals surface area contributed by atoms with Crippen LogP contribution in [0.5, 0.6) is 5.75 Å². The second-order valence-corrected chi connectivity index (χ2v) is 5.16. The Morgan fingerprint density at radius 2 is 2.05 bits per heavy atom. The summed E-state index contributed by atoms with van der Waals surface area (Å²) in [6, 6.07) is 15.7. The Morgan fingerprint density at radius 3 is 2.85 bits per heavy atom. The van der Waals surface area contributed by atoms with Gasteiger partial charge in [-0.15, -0.1) is 0 Å². The number of methoxy groups -OCH3 is 1. The molecule has 0 saturated heterocycles. The molecular formula is C15H13N3OS. The van der Waals surface area contributed by atoms with Gasteiger partial charge in [-0.1, -0.05) is 41.7 Å². The molecule has 0 aliphatic heterocycles. The highest BCUT2D eigenvalue weighted by molar-refractivity contribution is 7.22. The predicted octanol–water partition coefficient (Wildman–Crippen LogP) is 3.75. The molecule has 0 bridgehead atoms. The van der Waals surface area contributed by atoms with Gasteiger partial charge in [0.05, 0.1) is 23.5 Å². The number of thiazole rings is 1. The van der Waals surface area contributed by atoms with Crippen molar-refractivity contribution in [2.75, 3.05) is 12.5 Å². The molecule has 0 unspecified atom stereocenters. The van der Waals surface area contributed by atoms with Crippen molar-refractivity contribution >= 4 is 32.9 Å². The summed E-state index contributed by atoms with van der Waals surface area (Å²) < 4.78 is 6.27. The van der Waals surface area contributed by atoms with Crippen LogP contribution in [0.15, 0.2) is 53.6 Å². The molecule has 0 saturated carbocycles. The van der Waals surface area contributed by atoms with E-state index < -0.39 is 0 Å². The van der Waals surface area contributed by atoms with E-state index in [0.29, 0.717) is 0 Å². The smallest absolute Gasteiger partial charge is 0.204 e. The maximum absolute atomic E-state index is 5.20. The van der Waals surface area contributed by atoms with E-state index >= 15 is 0 Å². The van der Waals surface area contributed by atoms with Crippen molar-refractivity contribution in [2.45, 2.75) is 0 Å². The highest BCUT2D eigenvalue weighted by atomic mass is 32.1. The number of nitrogens with zero attached hydrogens (tertiary/aromatic N) is 2. The van der Waals surface area contributed by atoms with Crippen LogP contribution < -0.4 is 10.2 Å². The normalized spacial score (nSPS) is 11.1. The van der Waals surface area contributed by atoms with Crippen LogP contribution in [-0.4, -0.2) is 18.3 Å². The van der Waals surface area contributed by atoms with E-state index in [2.05, 4.69) is 15.5 Å². The summed E-state index contributed by atoms with van der Waals surface area (Å²) in [7, 11) is 1.66. The molecule has 100 valence electrons. The molecule has 0 fully saturated rings. The van der Waals surface area contributed by atoms with E-state index in [0.717, 1.165) is 26.7 Å². The van der Waals surface area contributed by atoms with Gasteiger partial charge in [0, 0.05) is 0 Å². The predicted molar refractivity (Wildman–Crippen MR) is 83.8 cm³/mol. The van der Waals surface area contributed by atoms with E-state index in [9.17, 15) is 0 Å². The minimum absolute atomic E-state index is 0.764. The fourth-order valence-corrected chi connectivity index (χ4v) is 2.62. The molecule has 0 spiro atoms. The number of nitrogens with one attached hydrogen (secondary N) is 1. The zero-order chi connectivity index (χ0) is 13.8. The van der Waals surface area contributed by atoms with Crippen molar-refractivity contribution in [2.24, 2.45) is 5.10 Å². The quantitative estimate of drug-likeness (QED) is 0.586. The Morgan fingerprint density at radius 1 is 1.20 bits per heavy atom. The van der Waals surface area contributed by atoms with Crippen LogP contribution in [0.3, 0.4) is 0 Å². The van der Waals surface area contributed by atoms with E-state index in [-0.39, 0.29) is 0 Å². The Balaban J connectivity index is 1.76. The summed E-state index contributed by atoms with van der Waals surface area (Å²) in [5.41, 5.74) is 4.94. The standard InChI is InChI=1S/C15H13N3OS/c1-19-12-7-8-13-14(9-12)20-15(17-13)18-16-10-11-5-3-2-4-6-11/h2-10H,1H3,(H,17,18). The highest BCUT2D eigenvalue weighted by Crippen LogP contribution is 2.28. The van der Waals surface area contributed by atoms with Gasteiger partial charge in [0.15, 0.2) is 0 Å². The summed E-state index contributed by atoms with van der Waals surface area (Å²) in [6.45, 7) is 0. The third-order valence-electron chi connectivity index (χ3n) is 2.77. The van der Waals surface area contributed by atoms with Crippen LogP contribution in [-0.2, 0) is 0 Å². The molecule has 0 radical (unpaired) electrons. The first kappa shape index (κ1) is 12.6. The zero-order valence-corrected chi connectivity index (χ0v) is 11.7. The van der Waals surface area contributed by atoms with Gasteiger partial charge in [-0.2, -0.15) is 5.10 Å². The maximum Gasteiger partial charge on any atom is 0.204 e. The number of hydrogen-bond acceptors (Lipinski definition) is 5. The van der Waals surface area contributed by atoms with Crippen LogP contribution in [0.25, 0.3) is 10.2 Å². The monoisotopic (exact) mass is 283 g/mol. The van der Waals surface area contributed by atoms with Crippen LogP contribution in [0.2, 0.25) is 0 Å². The van der Waals surface area contributed by atoms with Crippen LogP contribution in [0, 0.1) is 0 Å². The molecule has 0 atom stereocenters. The second kappa shape index (κ2) is 5.71. The van der Waals surface area contributed by atoms with Crippen LogP contribution >= 0.6 is 11.3 Å². The van der Waals surface area contributed by atoms with E-state index in [1.807, 2.05) is 48.5 Å². The minimum atomic E-state index is 0.764. The minimum Gasteiger partial charge on any atom is -0.497 e. The van der Waals surface area contributed by atoms with Gasteiger partial charge in [0.1, 0.15) is 5.75 Å². The summed E-state index contributed by atoms with van der Waals surface area (Å²) >= 11 is 1.55. The summed E-state index contributed by atoms with van der Waals surface area (Å²) in [4.78, 5) is 4.46. The number of aromatic nitrogens is 1. The summed E-state index contributed by atoms with van der Waals surface area (Å²) in [5, 5.41) is 4.96. The van der Waals surface area contributed by atoms with Crippen LogP contribution in [0.1, 0.15) is 5.56 Å². The average Bonchev–Trinajstić information content (AvgIpc) is 2.90. The third kappa shape index (κ3) is 2.78. The molecule has 3 rings (SSSR count). The molecular weight excluding hydrogens is 270 g/mol. The maximum atomic E-state index is 5.20. The van der Waals surface area contributed by atoms with Gasteiger partial charge in [-0.3, -0.25) is 5.43 Å². The molecule has 3 aromatic rings. The third-order valence-corrected chi connectivity index (χ3v) is 3.69. The van der Waals surface area contributed by atoms with Crippen LogP contribution in [0.4, 0.5) is 5.13 Å². The lowest BCUT2D eigenvalue weighted by Crippen LogP contribution is -1.89. The molecule has 0 amide bonds. The Kier molecular flexibility index (Phi) is 3.60. The number of ether oxygens (including phenoxy) is 1. The van der Waals surface area contributed by atoms with Crippen molar-refractivity contribution in [3.05, 3.63) is 54.1 Å². The largest absolute Gasteiger partial charge is 0.497 e. The molecule has 1 heterocycles. The summed E-state index contributed by atoms with van der Waals surface area (Å²) in [5.74, 6) is 0.834. The molecule has 1 aromatic heterocycles. The van der Waals surface area contributed by atoms with Gasteiger partial charge in [-0.25, -0.2) is 4.98 Å². The lowest BCUT2D eigenvalue weighted by atomic mass is 10.2. The van der Waals surface area contributed by atoms with Gasteiger partial charge >= 0.3 is 0 Å². The molecule has 5 heteroatoms. The first-order chi connectivity index (χ1) is 9.85. The number of anilines is 1. The van der Waals surface area contributed by atoms with Gasteiger partial charge in [0.2, 0.25) is 5.13 Å². The molecule has 1 N–H and O–H groups in total. The topological polar surface area (TPSA) is 46.5 Å². The second-order valence-electron chi connectivity index (χ2n) is 4.13. The highest BCUT2D eigenvalue weighted by Gasteiger charge is 2.03. The van der Waals surface area contributed by atoms with Gasteiger partial charge < -0.3 is 4.74 Å². The van der Waals surface area contributed by atoms with Gasteiger partial charge in [0.25, 0.3) is 0 Å². The number of rotatable bonds is 4. The molecule has 2 aromatic carbocycles. The van der Waals surface area contributed by atoms with Gasteiger partial charge in [-0.05, 0) is 23.8 Å². The van der Waals surface area contributed by atoms with E-state index in [4.69, 9.17) is 4.74 Å². The first-order valence-corrected chi connectivity index (χ1v) is 6.95. The Bertz CT molecular complexity index is 737. The van der Waals surface area contributed by atoms with Crippen molar-refractivity contribution in [1.29, 1.82) is 0 Å². The summed E-state index contributed by atoms with van der Waals surface area (Å²) in [6.07, 6.45) is 1.77. The number of hydrogen-bond donors (Lipinski definition) is 1. The van der Waals surface area contributed by atoms with Crippen molar-refractivity contribution in [3.8, 4) is 5.75 Å². The molecule has 4 nitrogen and oxygen atoms in total. The lowest BCUT2D eigenvalue weighted by molar-refractivity contribution is 0.415. The fourth-order valence-electron chi connectivity index (χ4n) is 1.78. The molecule has 0 aliphatic rings. The van der Waals surface area contributed by atoms with Crippen molar-refractivity contribution < 1.29 is 4.74 Å². The zero-order valence-electron chi connectivity index (χ0n) is 10.9. The SMILES string of the molecule is COc1ccc2nc(NN=Cc3ccccc3)sc2c1. The van der Waals surface area contributed by atoms with Crippen molar-refractivity contribution in [1.82, 2.24) is 4.98 Å². The van der Waals surface area contributed by atoms with E-state index in [1.165, 1.54) is 0 Å². The number of hydrazone groups is 1. The Hall–Kier alpha value is -2.40.